The van der Waals surface area contributed by atoms with Crippen molar-refractivity contribution in [3.05, 3.63) is 214 Å². The van der Waals surface area contributed by atoms with Crippen molar-refractivity contribution in [1.29, 1.82) is 10.5 Å². The van der Waals surface area contributed by atoms with Gasteiger partial charge in [0.1, 0.15) is 0 Å². The Kier molecular flexibility index (Phi) is 14.1. The number of rotatable bonds is 14. The first kappa shape index (κ1) is 41.1. The largest absolute Gasteiger partial charge is 0.354 e. The first-order valence-corrected chi connectivity index (χ1v) is 20.4. The van der Waals surface area contributed by atoms with Crippen LogP contribution in [0.1, 0.15) is 61.8 Å². The summed E-state index contributed by atoms with van der Waals surface area (Å²) >= 11 is 0. The van der Waals surface area contributed by atoms with Gasteiger partial charge in [0, 0.05) is 75.3 Å². The molecule has 0 fully saturated rings. The van der Waals surface area contributed by atoms with Gasteiger partial charge >= 0.3 is 0 Å². The second-order valence-electron chi connectivity index (χ2n) is 15.0. The number of aromatic nitrogens is 4. The third-order valence-electron chi connectivity index (χ3n) is 11.0. The van der Waals surface area contributed by atoms with E-state index in [1.165, 1.54) is 22.3 Å². The average molecular weight is 792 g/mol. The number of imidazole rings is 2. The van der Waals surface area contributed by atoms with E-state index in [4.69, 9.17) is 16.3 Å². The average Bonchev–Trinajstić information content (AvgIpc) is 3.95. The monoisotopic (exact) mass is 791 g/mol. The van der Waals surface area contributed by atoms with Crippen LogP contribution in [-0.2, 0) is 43.7 Å². The van der Waals surface area contributed by atoms with Crippen LogP contribution < -0.4 is 11.1 Å². The molecule has 300 valence electrons. The number of nitrogens with two attached hydrogens (primary N) is 1. The third-order valence-corrected chi connectivity index (χ3v) is 11.0. The molecule has 2 aromatic heterocycles. The Morgan fingerprint density at radius 1 is 0.683 bits per heavy atom. The molecule has 1 amide bonds. The standard InChI is InChI=1S/C37H35N5O.C13H14N4/c38-22-28-15-17-29(18-16-28)24-42-27-39-23-34(42)19-20-40-37(43)36-21-32-13-7-8-14-33(32)25-41(36)26-35(30-9-3-1-4-10-30)31-11-5-2-6-12-31;14-6-5-13-8-16-10-17(13)9-12-3-1-11(7-15)2-4-12/h1-18,23,27,35-36H,19-21,24-26H2,(H,40,43);1-4,8,10H,5-6,9,14H2/t36-;/m0./s1. The van der Waals surface area contributed by atoms with Gasteiger partial charge in [-0.1, -0.05) is 109 Å². The molecule has 0 unspecified atom stereocenters. The van der Waals surface area contributed by atoms with E-state index in [0.29, 0.717) is 43.6 Å². The van der Waals surface area contributed by atoms with Gasteiger partial charge in [-0.25, -0.2) is 9.97 Å². The Morgan fingerprint density at radius 2 is 1.18 bits per heavy atom. The molecule has 0 spiro atoms. The van der Waals surface area contributed by atoms with Crippen molar-refractivity contribution in [3.63, 3.8) is 0 Å². The van der Waals surface area contributed by atoms with E-state index >= 15 is 0 Å². The molecule has 60 heavy (non-hydrogen) atoms. The summed E-state index contributed by atoms with van der Waals surface area (Å²) in [5, 5.41) is 21.0. The van der Waals surface area contributed by atoms with Crippen molar-refractivity contribution in [3.8, 4) is 12.1 Å². The lowest BCUT2D eigenvalue weighted by Crippen LogP contribution is -2.51. The molecule has 3 N–H and O–H groups in total. The van der Waals surface area contributed by atoms with Crippen molar-refractivity contribution in [1.82, 2.24) is 29.3 Å². The first-order valence-electron chi connectivity index (χ1n) is 20.4. The van der Waals surface area contributed by atoms with E-state index in [2.05, 4.69) is 126 Å². The number of hydrogen-bond acceptors (Lipinski definition) is 7. The topological polar surface area (TPSA) is 142 Å². The maximum absolute atomic E-state index is 13.8. The molecule has 1 aliphatic heterocycles. The van der Waals surface area contributed by atoms with Crippen LogP contribution in [0.25, 0.3) is 0 Å². The molecule has 0 bridgehead atoms. The molecule has 3 heterocycles. The normalized spacial score (nSPS) is 13.4. The zero-order valence-corrected chi connectivity index (χ0v) is 33.6. The molecule has 8 rings (SSSR count). The van der Waals surface area contributed by atoms with Gasteiger partial charge in [0.15, 0.2) is 0 Å². The molecule has 1 aliphatic rings. The number of amides is 1. The number of hydrogen-bond donors (Lipinski definition) is 2. The minimum atomic E-state index is -0.256. The summed E-state index contributed by atoms with van der Waals surface area (Å²) in [6, 6.07) is 48.9. The summed E-state index contributed by atoms with van der Waals surface area (Å²) < 4.78 is 4.18. The van der Waals surface area contributed by atoms with Crippen molar-refractivity contribution in [2.75, 3.05) is 19.6 Å². The van der Waals surface area contributed by atoms with E-state index in [1.54, 1.807) is 0 Å². The lowest BCUT2D eigenvalue weighted by molar-refractivity contribution is -0.127. The molecule has 0 saturated heterocycles. The second-order valence-corrected chi connectivity index (χ2v) is 15.0. The molecule has 1 atom stereocenters. The number of carbonyl (C=O) groups excluding carboxylic acids is 1. The summed E-state index contributed by atoms with van der Waals surface area (Å²) in [4.78, 5) is 24.7. The summed E-state index contributed by atoms with van der Waals surface area (Å²) in [7, 11) is 0. The van der Waals surface area contributed by atoms with Gasteiger partial charge in [-0.15, -0.1) is 0 Å². The van der Waals surface area contributed by atoms with Gasteiger partial charge < -0.3 is 20.2 Å². The molecule has 0 saturated carbocycles. The SMILES string of the molecule is N#Cc1ccc(Cn2cncc2CCN)cc1.N#Cc1ccc(Cn2cncc2CCNC(=O)[C@@H]2Cc3ccccc3CN2CC(c2ccccc2)c2ccccc2)cc1. The Morgan fingerprint density at radius 3 is 1.70 bits per heavy atom. The van der Waals surface area contributed by atoms with Crippen LogP contribution in [0.3, 0.4) is 0 Å². The fraction of sp³-hybridized carbons (Fsp3) is 0.220. The molecular weight excluding hydrogens is 743 g/mol. The lowest BCUT2D eigenvalue weighted by Gasteiger charge is -2.38. The highest BCUT2D eigenvalue weighted by Gasteiger charge is 2.33. The van der Waals surface area contributed by atoms with Crippen molar-refractivity contribution < 1.29 is 4.79 Å². The van der Waals surface area contributed by atoms with Gasteiger partial charge in [0.2, 0.25) is 5.91 Å². The Labute approximate surface area is 352 Å². The maximum Gasteiger partial charge on any atom is 0.237 e. The summed E-state index contributed by atoms with van der Waals surface area (Å²) in [6.45, 7) is 4.08. The zero-order valence-electron chi connectivity index (χ0n) is 33.6. The van der Waals surface area contributed by atoms with E-state index < -0.39 is 0 Å². The van der Waals surface area contributed by atoms with E-state index in [-0.39, 0.29) is 17.9 Å². The van der Waals surface area contributed by atoms with E-state index in [1.807, 2.05) is 73.6 Å². The van der Waals surface area contributed by atoms with Crippen LogP contribution in [0.4, 0.5) is 0 Å². The van der Waals surface area contributed by atoms with E-state index in [9.17, 15) is 4.79 Å². The number of nitriles is 2. The molecule has 0 radical (unpaired) electrons. The minimum absolute atomic E-state index is 0.0625. The van der Waals surface area contributed by atoms with Crippen LogP contribution in [0.2, 0.25) is 0 Å². The highest BCUT2D eigenvalue weighted by atomic mass is 16.2. The number of benzene rings is 5. The fourth-order valence-corrected chi connectivity index (χ4v) is 7.78. The quantitative estimate of drug-likeness (QED) is 0.121. The van der Waals surface area contributed by atoms with Crippen LogP contribution >= 0.6 is 0 Å². The van der Waals surface area contributed by atoms with Crippen LogP contribution in [0.15, 0.2) is 159 Å². The van der Waals surface area contributed by atoms with E-state index in [0.717, 1.165) is 48.6 Å². The molecular formula is C50H49N9O. The molecule has 10 nitrogen and oxygen atoms in total. The summed E-state index contributed by atoms with van der Waals surface area (Å²) in [5.74, 6) is 0.215. The summed E-state index contributed by atoms with van der Waals surface area (Å²) in [5.41, 5.74) is 16.4. The molecule has 5 aromatic carbocycles. The van der Waals surface area contributed by atoms with Gasteiger partial charge in [0.05, 0.1) is 42.0 Å². The molecule has 0 aliphatic carbocycles. The van der Waals surface area contributed by atoms with Crippen LogP contribution in [-0.4, -0.2) is 55.6 Å². The van der Waals surface area contributed by atoms with Crippen LogP contribution in [0, 0.1) is 22.7 Å². The minimum Gasteiger partial charge on any atom is -0.354 e. The summed E-state index contributed by atoms with van der Waals surface area (Å²) in [6.07, 6.45) is 9.54. The van der Waals surface area contributed by atoms with Gasteiger partial charge in [-0.05, 0) is 70.6 Å². The first-order chi connectivity index (χ1) is 29.5. The van der Waals surface area contributed by atoms with Crippen molar-refractivity contribution in [2.45, 2.75) is 50.9 Å². The highest BCUT2D eigenvalue weighted by molar-refractivity contribution is 5.82. The molecule has 10 heteroatoms. The smallest absolute Gasteiger partial charge is 0.237 e. The Hall–Kier alpha value is -7.11. The Bertz CT molecular complexity index is 2470. The number of fused-ring (bicyclic) bond motifs is 1. The number of nitrogens with zero attached hydrogens (tertiary/aromatic N) is 7. The predicted octanol–water partition coefficient (Wildman–Crippen LogP) is 7.03. The van der Waals surface area contributed by atoms with Crippen molar-refractivity contribution in [2.24, 2.45) is 5.73 Å². The maximum atomic E-state index is 13.8. The van der Waals surface area contributed by atoms with Crippen molar-refractivity contribution >= 4 is 5.91 Å². The second kappa shape index (κ2) is 20.5. The predicted molar refractivity (Wildman–Crippen MR) is 234 cm³/mol. The van der Waals surface area contributed by atoms with Gasteiger partial charge in [-0.3, -0.25) is 9.69 Å². The van der Waals surface area contributed by atoms with Gasteiger partial charge in [-0.2, -0.15) is 10.5 Å². The fourth-order valence-electron chi connectivity index (χ4n) is 7.78. The highest BCUT2D eigenvalue weighted by Crippen LogP contribution is 2.31. The number of nitrogens with one attached hydrogen (secondary N) is 1. The van der Waals surface area contributed by atoms with Crippen LogP contribution in [0.5, 0.6) is 0 Å². The number of carbonyl (C=O) groups is 1. The Balaban J connectivity index is 0.000000267. The van der Waals surface area contributed by atoms with Gasteiger partial charge in [0.25, 0.3) is 0 Å². The third kappa shape index (κ3) is 10.7. The zero-order chi connectivity index (χ0) is 41.5. The molecule has 7 aromatic rings. The lowest BCUT2D eigenvalue weighted by atomic mass is 9.87.